The first-order valence-electron chi connectivity index (χ1n) is 6.74. The summed E-state index contributed by atoms with van der Waals surface area (Å²) in [4.78, 5) is 26.0. The second-order valence-corrected chi connectivity index (χ2v) is 5.19. The highest BCUT2D eigenvalue weighted by atomic mass is 16.4. The van der Waals surface area contributed by atoms with Crippen LogP contribution in [0.2, 0.25) is 0 Å². The molecule has 1 aliphatic rings. The van der Waals surface area contributed by atoms with Gasteiger partial charge in [-0.15, -0.1) is 0 Å². The van der Waals surface area contributed by atoms with Gasteiger partial charge in [-0.05, 0) is 37.8 Å². The molecule has 0 atom stereocenters. The summed E-state index contributed by atoms with van der Waals surface area (Å²) in [6.45, 7) is 0. The van der Waals surface area contributed by atoms with Crippen molar-refractivity contribution in [1.82, 2.24) is 4.98 Å². The molecule has 1 aromatic heterocycles. The van der Waals surface area contributed by atoms with E-state index in [2.05, 4.69) is 10.3 Å². The second kappa shape index (κ2) is 5.13. The molecule has 1 aliphatic carbocycles. The Morgan fingerprint density at radius 2 is 2.05 bits per heavy atom. The number of H-pyrrole nitrogens is 1. The number of aromatic amines is 1. The summed E-state index contributed by atoms with van der Waals surface area (Å²) in [6.07, 6.45) is 2.38. The van der Waals surface area contributed by atoms with Crippen molar-refractivity contribution in [3.63, 3.8) is 0 Å². The summed E-state index contributed by atoms with van der Waals surface area (Å²) in [6, 6.07) is 5.16. The number of oxazole rings is 1. The Bertz CT molecular complexity index is 680. The Morgan fingerprint density at radius 1 is 1.30 bits per heavy atom. The number of para-hydroxylation sites is 1. The van der Waals surface area contributed by atoms with Crippen molar-refractivity contribution in [2.75, 3.05) is 5.32 Å². The van der Waals surface area contributed by atoms with Crippen LogP contribution in [0.25, 0.3) is 11.1 Å². The van der Waals surface area contributed by atoms with E-state index in [4.69, 9.17) is 4.42 Å². The van der Waals surface area contributed by atoms with Crippen molar-refractivity contribution in [2.24, 2.45) is 5.92 Å². The molecular weight excluding hydrogens is 260 g/mol. The number of amides is 1. The van der Waals surface area contributed by atoms with Crippen LogP contribution < -0.4 is 11.1 Å². The molecule has 1 aromatic carbocycles. The smallest absolute Gasteiger partial charge is 0.406 e. The Morgan fingerprint density at radius 3 is 2.80 bits per heavy atom. The number of aromatic nitrogens is 1. The molecule has 6 nitrogen and oxygen atoms in total. The topological polar surface area (TPSA) is 95.3 Å². The highest BCUT2D eigenvalue weighted by Crippen LogP contribution is 2.27. The number of hydrogen-bond donors (Lipinski definition) is 3. The van der Waals surface area contributed by atoms with Crippen LogP contribution in [0, 0.1) is 5.92 Å². The van der Waals surface area contributed by atoms with Crippen LogP contribution in [-0.2, 0) is 4.79 Å². The van der Waals surface area contributed by atoms with Crippen molar-refractivity contribution >= 4 is 22.7 Å². The van der Waals surface area contributed by atoms with E-state index in [1.54, 1.807) is 18.2 Å². The van der Waals surface area contributed by atoms with Crippen LogP contribution in [0.15, 0.2) is 27.4 Å². The van der Waals surface area contributed by atoms with Crippen molar-refractivity contribution in [3.8, 4) is 0 Å². The number of nitrogens with one attached hydrogen (secondary N) is 2. The third kappa shape index (κ3) is 2.46. The SMILES string of the molecule is O=C(Nc1cccc2[nH]c(=O)oc12)C1CCC(O)CC1. The number of anilines is 1. The maximum absolute atomic E-state index is 12.2. The van der Waals surface area contributed by atoms with E-state index in [1.807, 2.05) is 0 Å². The fourth-order valence-corrected chi connectivity index (χ4v) is 2.64. The van der Waals surface area contributed by atoms with Gasteiger partial charge in [-0.3, -0.25) is 9.78 Å². The van der Waals surface area contributed by atoms with Crippen LogP contribution >= 0.6 is 0 Å². The van der Waals surface area contributed by atoms with Gasteiger partial charge >= 0.3 is 5.76 Å². The number of carbonyl (C=O) groups excluding carboxylic acids is 1. The van der Waals surface area contributed by atoms with Gasteiger partial charge in [0.05, 0.1) is 17.3 Å². The van der Waals surface area contributed by atoms with Gasteiger partial charge in [-0.25, -0.2) is 4.79 Å². The first-order valence-corrected chi connectivity index (χ1v) is 6.74. The van der Waals surface area contributed by atoms with Crippen molar-refractivity contribution in [2.45, 2.75) is 31.8 Å². The Labute approximate surface area is 114 Å². The van der Waals surface area contributed by atoms with Crippen LogP contribution in [0.4, 0.5) is 5.69 Å². The van der Waals surface area contributed by atoms with Gasteiger partial charge in [0.15, 0.2) is 5.58 Å². The number of benzene rings is 1. The molecule has 1 saturated carbocycles. The minimum absolute atomic E-state index is 0.0896. The van der Waals surface area contributed by atoms with Gasteiger partial charge < -0.3 is 14.8 Å². The van der Waals surface area contributed by atoms with E-state index >= 15 is 0 Å². The van der Waals surface area contributed by atoms with Crippen molar-refractivity contribution in [1.29, 1.82) is 0 Å². The summed E-state index contributed by atoms with van der Waals surface area (Å²) < 4.78 is 5.04. The zero-order valence-corrected chi connectivity index (χ0v) is 10.9. The summed E-state index contributed by atoms with van der Waals surface area (Å²) in [7, 11) is 0. The zero-order chi connectivity index (χ0) is 14.1. The van der Waals surface area contributed by atoms with Gasteiger partial charge in [-0.1, -0.05) is 6.07 Å². The molecule has 0 aliphatic heterocycles. The molecule has 1 amide bonds. The normalized spacial score (nSPS) is 22.9. The van der Waals surface area contributed by atoms with Gasteiger partial charge in [0.25, 0.3) is 0 Å². The molecule has 0 spiro atoms. The maximum atomic E-state index is 12.2. The fraction of sp³-hybridized carbons (Fsp3) is 0.429. The Balaban J connectivity index is 1.79. The van der Waals surface area contributed by atoms with E-state index in [0.717, 1.165) is 0 Å². The molecule has 1 heterocycles. The first-order chi connectivity index (χ1) is 9.63. The number of rotatable bonds is 2. The lowest BCUT2D eigenvalue weighted by Crippen LogP contribution is -2.28. The molecule has 3 rings (SSSR count). The van der Waals surface area contributed by atoms with Crippen LogP contribution in [-0.4, -0.2) is 22.1 Å². The molecule has 0 unspecified atom stereocenters. The molecular formula is C14H16N2O4. The lowest BCUT2D eigenvalue weighted by molar-refractivity contribution is -0.121. The van der Waals surface area contributed by atoms with Gasteiger partial charge in [-0.2, -0.15) is 0 Å². The highest BCUT2D eigenvalue weighted by Gasteiger charge is 2.25. The van der Waals surface area contributed by atoms with Crippen LogP contribution in [0.1, 0.15) is 25.7 Å². The lowest BCUT2D eigenvalue weighted by Gasteiger charge is -2.24. The number of fused-ring (bicyclic) bond motifs is 1. The molecule has 3 N–H and O–H groups in total. The fourth-order valence-electron chi connectivity index (χ4n) is 2.64. The second-order valence-electron chi connectivity index (χ2n) is 5.19. The Hall–Kier alpha value is -2.08. The average Bonchev–Trinajstić information content (AvgIpc) is 2.81. The highest BCUT2D eigenvalue weighted by molar-refractivity contribution is 5.99. The maximum Gasteiger partial charge on any atom is 0.417 e. The molecule has 20 heavy (non-hydrogen) atoms. The predicted octanol–water partition coefficient (Wildman–Crippen LogP) is 1.61. The largest absolute Gasteiger partial charge is 0.417 e. The molecule has 2 aromatic rings. The lowest BCUT2D eigenvalue weighted by atomic mass is 9.87. The average molecular weight is 276 g/mol. The third-order valence-electron chi connectivity index (χ3n) is 3.77. The quantitative estimate of drug-likeness (QED) is 0.776. The van der Waals surface area contributed by atoms with E-state index in [9.17, 15) is 14.7 Å². The van der Waals surface area contributed by atoms with E-state index < -0.39 is 5.76 Å². The summed E-state index contributed by atoms with van der Waals surface area (Å²) in [5.41, 5.74) is 1.42. The van der Waals surface area contributed by atoms with E-state index in [0.29, 0.717) is 42.5 Å². The van der Waals surface area contributed by atoms with Gasteiger partial charge in [0.1, 0.15) is 0 Å². The van der Waals surface area contributed by atoms with Crippen LogP contribution in [0.3, 0.4) is 0 Å². The molecule has 6 heteroatoms. The molecule has 0 bridgehead atoms. The third-order valence-corrected chi connectivity index (χ3v) is 3.77. The van der Waals surface area contributed by atoms with Crippen LogP contribution in [0.5, 0.6) is 0 Å². The molecule has 1 fully saturated rings. The van der Waals surface area contributed by atoms with Crippen molar-refractivity contribution in [3.05, 3.63) is 28.7 Å². The number of aliphatic hydroxyl groups is 1. The standard InChI is InChI=1S/C14H16N2O4/c17-9-6-4-8(5-7-9)13(18)15-10-2-1-3-11-12(10)20-14(19)16-11/h1-3,8-9,17H,4-7H2,(H,15,18)(H,16,19). The summed E-state index contributed by atoms with van der Waals surface area (Å²) in [5.74, 6) is -0.727. The summed E-state index contributed by atoms with van der Waals surface area (Å²) in [5, 5.41) is 12.3. The van der Waals surface area contributed by atoms with Gasteiger partial charge in [0.2, 0.25) is 5.91 Å². The minimum atomic E-state index is -0.539. The first kappa shape index (κ1) is 12.9. The minimum Gasteiger partial charge on any atom is -0.406 e. The monoisotopic (exact) mass is 276 g/mol. The van der Waals surface area contributed by atoms with E-state index in [1.165, 1.54) is 0 Å². The van der Waals surface area contributed by atoms with Gasteiger partial charge in [0, 0.05) is 5.92 Å². The van der Waals surface area contributed by atoms with Crippen molar-refractivity contribution < 1.29 is 14.3 Å². The zero-order valence-electron chi connectivity index (χ0n) is 10.9. The summed E-state index contributed by atoms with van der Waals surface area (Å²) >= 11 is 0. The molecule has 0 radical (unpaired) electrons. The molecule has 106 valence electrons. The number of carbonyl (C=O) groups is 1. The molecule has 0 saturated heterocycles. The number of hydrogen-bond acceptors (Lipinski definition) is 4. The predicted molar refractivity (Wildman–Crippen MR) is 73.4 cm³/mol. The van der Waals surface area contributed by atoms with E-state index in [-0.39, 0.29) is 17.9 Å². The number of aliphatic hydroxyl groups excluding tert-OH is 1. The Kier molecular flexibility index (Phi) is 3.31.